The van der Waals surface area contributed by atoms with Crippen LogP contribution >= 0.6 is 0 Å². The Morgan fingerprint density at radius 1 is 1.39 bits per heavy atom. The van der Waals surface area contributed by atoms with E-state index in [0.717, 1.165) is 0 Å². The van der Waals surface area contributed by atoms with Crippen molar-refractivity contribution in [1.82, 2.24) is 4.72 Å². The summed E-state index contributed by atoms with van der Waals surface area (Å²) in [4.78, 5) is 10.7. The molecule has 7 heteroatoms. The van der Waals surface area contributed by atoms with Gasteiger partial charge in [0.25, 0.3) is 0 Å². The van der Waals surface area contributed by atoms with E-state index in [1.807, 2.05) is 0 Å². The van der Waals surface area contributed by atoms with Gasteiger partial charge >= 0.3 is 5.97 Å². The molecule has 0 unspecified atom stereocenters. The van der Waals surface area contributed by atoms with Gasteiger partial charge in [0.1, 0.15) is 0 Å². The molecule has 1 atom stereocenters. The summed E-state index contributed by atoms with van der Waals surface area (Å²) in [5.41, 5.74) is 0.0406. The van der Waals surface area contributed by atoms with E-state index >= 15 is 0 Å². The number of hydrogen-bond acceptors (Lipinski definition) is 4. The third-order valence-corrected chi connectivity index (χ3v) is 3.79. The Balaban J connectivity index is 2.88. The van der Waals surface area contributed by atoms with E-state index in [0.29, 0.717) is 0 Å². The standard InChI is InChI=1S/C11H15NO5S/c1-8(7-17-2)12-18(15,16)10-5-3-9(4-6-10)11(13)14/h3-6,8,12H,7H2,1-2H3,(H,13,14)/t8-/m1/s1. The van der Waals surface area contributed by atoms with Crippen LogP contribution in [-0.4, -0.2) is 39.3 Å². The minimum absolute atomic E-state index is 0.0236. The summed E-state index contributed by atoms with van der Waals surface area (Å²) in [6, 6.07) is 4.64. The van der Waals surface area contributed by atoms with Gasteiger partial charge in [-0.3, -0.25) is 0 Å². The van der Waals surface area contributed by atoms with Crippen LogP contribution in [0.25, 0.3) is 0 Å². The average molecular weight is 273 g/mol. The van der Waals surface area contributed by atoms with Gasteiger partial charge in [-0.1, -0.05) is 0 Å². The van der Waals surface area contributed by atoms with Crippen LogP contribution in [0.1, 0.15) is 17.3 Å². The third kappa shape index (κ3) is 3.80. The van der Waals surface area contributed by atoms with Crippen LogP contribution in [-0.2, 0) is 14.8 Å². The zero-order valence-corrected chi connectivity index (χ0v) is 10.9. The molecule has 100 valence electrons. The Morgan fingerprint density at radius 3 is 2.39 bits per heavy atom. The van der Waals surface area contributed by atoms with Crippen LogP contribution in [0.15, 0.2) is 29.2 Å². The molecule has 0 heterocycles. The van der Waals surface area contributed by atoms with E-state index in [1.54, 1.807) is 6.92 Å². The molecule has 0 saturated heterocycles. The second kappa shape index (κ2) is 5.94. The predicted molar refractivity (Wildman–Crippen MR) is 65.1 cm³/mol. The lowest BCUT2D eigenvalue weighted by molar-refractivity contribution is 0.0696. The van der Waals surface area contributed by atoms with Crippen LogP contribution in [0.3, 0.4) is 0 Å². The number of ether oxygens (including phenoxy) is 1. The number of carboxylic acid groups (broad SMARTS) is 1. The van der Waals surface area contributed by atoms with Crippen LogP contribution in [0.5, 0.6) is 0 Å². The predicted octanol–water partition coefficient (Wildman–Crippen LogP) is 0.698. The molecule has 0 bridgehead atoms. The van der Waals surface area contributed by atoms with Gasteiger partial charge in [-0.25, -0.2) is 17.9 Å². The first-order valence-corrected chi connectivity index (χ1v) is 6.70. The number of aromatic carboxylic acids is 1. The lowest BCUT2D eigenvalue weighted by Gasteiger charge is -2.13. The van der Waals surface area contributed by atoms with Crippen molar-refractivity contribution in [2.45, 2.75) is 17.9 Å². The van der Waals surface area contributed by atoms with Crippen LogP contribution in [0.4, 0.5) is 0 Å². The molecule has 1 rings (SSSR count). The number of rotatable bonds is 6. The second-order valence-electron chi connectivity index (χ2n) is 3.81. The van der Waals surface area contributed by atoms with Crippen LogP contribution < -0.4 is 4.72 Å². The number of benzene rings is 1. The molecule has 0 spiro atoms. The topological polar surface area (TPSA) is 92.7 Å². The fourth-order valence-electron chi connectivity index (χ4n) is 1.39. The molecule has 6 nitrogen and oxygen atoms in total. The van der Waals surface area contributed by atoms with E-state index < -0.39 is 16.0 Å². The fraction of sp³-hybridized carbons (Fsp3) is 0.364. The number of methoxy groups -OCH3 is 1. The van der Waals surface area contributed by atoms with Crippen molar-refractivity contribution >= 4 is 16.0 Å². The highest BCUT2D eigenvalue weighted by Gasteiger charge is 2.17. The molecule has 0 fully saturated rings. The van der Waals surface area contributed by atoms with E-state index in [9.17, 15) is 13.2 Å². The maximum absolute atomic E-state index is 11.9. The van der Waals surface area contributed by atoms with Crippen molar-refractivity contribution in [2.24, 2.45) is 0 Å². The number of nitrogens with one attached hydrogen (secondary N) is 1. The normalized spacial score (nSPS) is 13.2. The lowest BCUT2D eigenvalue weighted by Crippen LogP contribution is -2.35. The molecule has 0 amide bonds. The highest BCUT2D eigenvalue weighted by Crippen LogP contribution is 2.11. The SMILES string of the molecule is COC[C@@H](C)NS(=O)(=O)c1ccc(C(=O)O)cc1. The van der Waals surface area contributed by atoms with Crippen LogP contribution in [0.2, 0.25) is 0 Å². The summed E-state index contributed by atoms with van der Waals surface area (Å²) < 4.78 is 31.0. The van der Waals surface area contributed by atoms with Gasteiger partial charge in [0.15, 0.2) is 0 Å². The number of carboxylic acids is 1. The smallest absolute Gasteiger partial charge is 0.335 e. The summed E-state index contributed by atoms with van der Waals surface area (Å²) in [6.07, 6.45) is 0. The largest absolute Gasteiger partial charge is 0.478 e. The molecule has 0 aromatic heterocycles. The van der Waals surface area contributed by atoms with Gasteiger partial charge in [-0.05, 0) is 31.2 Å². The number of sulfonamides is 1. The summed E-state index contributed by atoms with van der Waals surface area (Å²) in [7, 11) is -2.17. The molecule has 18 heavy (non-hydrogen) atoms. The Bertz CT molecular complexity index is 509. The van der Waals surface area contributed by atoms with E-state index in [2.05, 4.69) is 4.72 Å². The first kappa shape index (κ1) is 14.6. The number of carbonyl (C=O) groups is 1. The molecule has 1 aromatic rings. The lowest BCUT2D eigenvalue weighted by atomic mass is 10.2. The summed E-state index contributed by atoms with van der Waals surface area (Å²) >= 11 is 0. The first-order chi connectivity index (χ1) is 8.36. The maximum Gasteiger partial charge on any atom is 0.335 e. The molecule has 0 aliphatic rings. The van der Waals surface area contributed by atoms with E-state index in [-0.39, 0.29) is 23.1 Å². The zero-order chi connectivity index (χ0) is 13.8. The Hall–Kier alpha value is -1.44. The van der Waals surface area contributed by atoms with Crippen molar-refractivity contribution in [3.63, 3.8) is 0 Å². The summed E-state index contributed by atoms with van der Waals surface area (Å²) in [5.74, 6) is -1.10. The molecular formula is C11H15NO5S. The van der Waals surface area contributed by atoms with E-state index in [4.69, 9.17) is 9.84 Å². The van der Waals surface area contributed by atoms with Gasteiger partial charge in [0, 0.05) is 13.2 Å². The first-order valence-electron chi connectivity index (χ1n) is 5.21. The highest BCUT2D eigenvalue weighted by atomic mass is 32.2. The van der Waals surface area contributed by atoms with Crippen molar-refractivity contribution in [3.8, 4) is 0 Å². The molecule has 0 aliphatic heterocycles. The maximum atomic E-state index is 11.9. The zero-order valence-electron chi connectivity index (χ0n) is 10.1. The number of hydrogen-bond donors (Lipinski definition) is 2. The Kier molecular flexibility index (Phi) is 4.83. The second-order valence-corrected chi connectivity index (χ2v) is 5.52. The van der Waals surface area contributed by atoms with Gasteiger partial charge in [-0.15, -0.1) is 0 Å². The summed E-state index contributed by atoms with van der Waals surface area (Å²) in [6.45, 7) is 1.93. The minimum atomic E-state index is -3.65. The molecule has 2 N–H and O–H groups in total. The minimum Gasteiger partial charge on any atom is -0.478 e. The van der Waals surface area contributed by atoms with Crippen molar-refractivity contribution in [3.05, 3.63) is 29.8 Å². The van der Waals surface area contributed by atoms with Gasteiger partial charge < -0.3 is 9.84 Å². The van der Waals surface area contributed by atoms with Gasteiger partial charge in [0.2, 0.25) is 10.0 Å². The van der Waals surface area contributed by atoms with E-state index in [1.165, 1.54) is 31.4 Å². The Morgan fingerprint density at radius 2 is 1.94 bits per heavy atom. The molecule has 0 saturated carbocycles. The van der Waals surface area contributed by atoms with Gasteiger partial charge in [-0.2, -0.15) is 0 Å². The molecule has 0 radical (unpaired) electrons. The third-order valence-electron chi connectivity index (χ3n) is 2.18. The highest BCUT2D eigenvalue weighted by molar-refractivity contribution is 7.89. The molecular weight excluding hydrogens is 258 g/mol. The van der Waals surface area contributed by atoms with Crippen molar-refractivity contribution < 1.29 is 23.1 Å². The average Bonchev–Trinajstić information content (AvgIpc) is 2.28. The molecule has 1 aromatic carbocycles. The molecule has 0 aliphatic carbocycles. The monoisotopic (exact) mass is 273 g/mol. The fourth-order valence-corrected chi connectivity index (χ4v) is 2.62. The van der Waals surface area contributed by atoms with Crippen LogP contribution in [0, 0.1) is 0 Å². The quantitative estimate of drug-likeness (QED) is 0.795. The summed E-state index contributed by atoms with van der Waals surface area (Å²) in [5, 5.41) is 8.71. The van der Waals surface area contributed by atoms with Crippen molar-refractivity contribution in [2.75, 3.05) is 13.7 Å². The van der Waals surface area contributed by atoms with Crippen molar-refractivity contribution in [1.29, 1.82) is 0 Å². The Labute approximate surface area is 106 Å². The van der Waals surface area contributed by atoms with Gasteiger partial charge in [0.05, 0.1) is 17.1 Å².